The van der Waals surface area contributed by atoms with E-state index in [2.05, 4.69) is 10.3 Å². The summed E-state index contributed by atoms with van der Waals surface area (Å²) in [5.41, 5.74) is 0.653. The number of para-hydroxylation sites is 1. The van der Waals surface area contributed by atoms with E-state index >= 15 is 0 Å². The second-order valence-electron chi connectivity index (χ2n) is 4.69. The molecule has 0 saturated carbocycles. The van der Waals surface area contributed by atoms with Crippen molar-refractivity contribution in [2.75, 3.05) is 5.32 Å². The highest BCUT2D eigenvalue weighted by Crippen LogP contribution is 2.17. The molecule has 2 aromatic heterocycles. The Morgan fingerprint density at radius 2 is 2.00 bits per heavy atom. The molecule has 0 saturated heterocycles. The minimum atomic E-state index is -0.392. The Hall–Kier alpha value is -2.79. The molecule has 0 spiro atoms. The van der Waals surface area contributed by atoms with Gasteiger partial charge in [0.05, 0.1) is 11.3 Å². The molecule has 1 N–H and O–H groups in total. The minimum Gasteiger partial charge on any atom is -0.489 e. The maximum atomic E-state index is 12.3. The summed E-state index contributed by atoms with van der Waals surface area (Å²) in [5, 5.41) is 3.15. The number of amides is 1. The summed E-state index contributed by atoms with van der Waals surface area (Å²) in [7, 11) is 0. The van der Waals surface area contributed by atoms with Crippen LogP contribution in [0.4, 0.5) is 5.82 Å². The maximum absolute atomic E-state index is 12.3. The molecule has 2 heterocycles. The molecule has 0 fully saturated rings. The zero-order chi connectivity index (χ0) is 16.1. The van der Waals surface area contributed by atoms with Crippen molar-refractivity contribution in [3.63, 3.8) is 0 Å². The number of carbonyl (C=O) groups excluding carboxylic acids is 1. The Morgan fingerprint density at radius 3 is 2.74 bits per heavy atom. The van der Waals surface area contributed by atoms with Crippen LogP contribution in [0, 0.1) is 0 Å². The van der Waals surface area contributed by atoms with E-state index in [1.807, 2.05) is 30.3 Å². The molecule has 116 valence electrons. The number of aromatic nitrogens is 1. The fourth-order valence-electron chi connectivity index (χ4n) is 1.95. The Balaban J connectivity index is 1.67. The van der Waals surface area contributed by atoms with E-state index < -0.39 is 5.91 Å². The summed E-state index contributed by atoms with van der Waals surface area (Å²) in [6, 6.07) is 14.3. The van der Waals surface area contributed by atoms with E-state index in [-0.39, 0.29) is 12.4 Å². The number of ether oxygens (including phenoxy) is 1. The minimum absolute atomic E-state index is 0.192. The highest BCUT2D eigenvalue weighted by molar-refractivity contribution is 6.30. The molecule has 0 unspecified atom stereocenters. The lowest BCUT2D eigenvalue weighted by Gasteiger charge is -2.07. The Kier molecular flexibility index (Phi) is 4.59. The van der Waals surface area contributed by atoms with Gasteiger partial charge in [-0.25, -0.2) is 4.98 Å². The number of rotatable bonds is 5. The third-order valence-corrected chi connectivity index (χ3v) is 3.28. The molecular weight excluding hydrogens is 316 g/mol. The van der Waals surface area contributed by atoms with Crippen LogP contribution < -0.4 is 10.1 Å². The van der Waals surface area contributed by atoms with Gasteiger partial charge >= 0.3 is 0 Å². The number of nitrogens with one attached hydrogen (secondary N) is 1. The summed E-state index contributed by atoms with van der Waals surface area (Å²) in [5.74, 6) is 0.916. The molecule has 0 aliphatic heterocycles. The molecule has 3 rings (SSSR count). The van der Waals surface area contributed by atoms with E-state index in [0.29, 0.717) is 16.4 Å². The fraction of sp³-hybridized carbons (Fsp3) is 0.0588. The zero-order valence-corrected chi connectivity index (χ0v) is 12.8. The van der Waals surface area contributed by atoms with Gasteiger partial charge in [0.25, 0.3) is 5.91 Å². The summed E-state index contributed by atoms with van der Waals surface area (Å²) < 4.78 is 10.9. The van der Waals surface area contributed by atoms with E-state index in [0.717, 1.165) is 5.75 Å². The molecular formula is C17H13ClN2O3. The SMILES string of the molecule is O=C(Nc1ccc(Cl)cn1)c1occc1COc1ccccc1. The molecule has 0 bridgehead atoms. The molecule has 0 aliphatic rings. The number of anilines is 1. The second kappa shape index (κ2) is 6.98. The number of halogens is 1. The van der Waals surface area contributed by atoms with Crippen LogP contribution in [-0.2, 0) is 6.61 Å². The van der Waals surface area contributed by atoms with E-state index in [1.165, 1.54) is 12.5 Å². The Morgan fingerprint density at radius 1 is 1.17 bits per heavy atom. The highest BCUT2D eigenvalue weighted by Gasteiger charge is 2.16. The highest BCUT2D eigenvalue weighted by atomic mass is 35.5. The van der Waals surface area contributed by atoms with Crippen LogP contribution in [-0.4, -0.2) is 10.9 Å². The molecule has 0 atom stereocenters. The molecule has 1 aromatic carbocycles. The monoisotopic (exact) mass is 328 g/mol. The predicted molar refractivity (Wildman–Crippen MR) is 86.7 cm³/mol. The maximum Gasteiger partial charge on any atom is 0.292 e. The van der Waals surface area contributed by atoms with Crippen LogP contribution in [0.1, 0.15) is 16.1 Å². The van der Waals surface area contributed by atoms with E-state index in [4.69, 9.17) is 20.8 Å². The van der Waals surface area contributed by atoms with Crippen molar-refractivity contribution in [1.82, 2.24) is 4.98 Å². The largest absolute Gasteiger partial charge is 0.489 e. The number of carbonyl (C=O) groups is 1. The van der Waals surface area contributed by atoms with Crippen molar-refractivity contribution >= 4 is 23.3 Å². The Labute approximate surface area is 137 Å². The van der Waals surface area contributed by atoms with Gasteiger partial charge < -0.3 is 14.5 Å². The number of hydrogen-bond acceptors (Lipinski definition) is 4. The smallest absolute Gasteiger partial charge is 0.292 e. The van der Waals surface area contributed by atoms with Crippen LogP contribution in [0.3, 0.4) is 0 Å². The van der Waals surface area contributed by atoms with Gasteiger partial charge in [-0.2, -0.15) is 0 Å². The summed E-state index contributed by atoms with van der Waals surface area (Å²) in [6.45, 7) is 0.233. The second-order valence-corrected chi connectivity index (χ2v) is 5.13. The topological polar surface area (TPSA) is 64.4 Å². The number of hydrogen-bond donors (Lipinski definition) is 1. The number of furan rings is 1. The lowest BCUT2D eigenvalue weighted by Crippen LogP contribution is -2.14. The van der Waals surface area contributed by atoms with Crippen molar-refractivity contribution in [2.24, 2.45) is 0 Å². The third-order valence-electron chi connectivity index (χ3n) is 3.06. The summed E-state index contributed by atoms with van der Waals surface area (Å²) in [4.78, 5) is 16.3. The molecule has 3 aromatic rings. The van der Waals surface area contributed by atoms with E-state index in [9.17, 15) is 4.79 Å². The molecule has 23 heavy (non-hydrogen) atoms. The van der Waals surface area contributed by atoms with Crippen molar-refractivity contribution in [3.05, 3.63) is 77.3 Å². The normalized spacial score (nSPS) is 10.3. The van der Waals surface area contributed by atoms with Crippen LogP contribution in [0.5, 0.6) is 5.75 Å². The number of pyridine rings is 1. The molecule has 6 heteroatoms. The first-order chi connectivity index (χ1) is 11.2. The fourth-order valence-corrected chi connectivity index (χ4v) is 2.06. The van der Waals surface area contributed by atoms with Gasteiger partial charge in [-0.05, 0) is 30.3 Å². The van der Waals surface area contributed by atoms with Gasteiger partial charge in [-0.1, -0.05) is 29.8 Å². The van der Waals surface area contributed by atoms with Crippen molar-refractivity contribution in [1.29, 1.82) is 0 Å². The number of benzene rings is 1. The van der Waals surface area contributed by atoms with Crippen molar-refractivity contribution in [2.45, 2.75) is 6.61 Å². The standard InChI is InChI=1S/C17H13ClN2O3/c18-13-6-7-15(19-10-13)20-17(21)16-12(8-9-22-16)11-23-14-4-2-1-3-5-14/h1-10H,11H2,(H,19,20,21). The van der Waals surface area contributed by atoms with Crippen LogP contribution in [0.15, 0.2) is 65.4 Å². The third kappa shape index (κ3) is 3.90. The van der Waals surface area contributed by atoms with Gasteiger partial charge in [0.15, 0.2) is 5.76 Å². The van der Waals surface area contributed by atoms with Crippen LogP contribution >= 0.6 is 11.6 Å². The molecule has 5 nitrogen and oxygen atoms in total. The van der Waals surface area contributed by atoms with Gasteiger partial charge in [0.1, 0.15) is 18.2 Å². The van der Waals surface area contributed by atoms with Gasteiger partial charge in [0, 0.05) is 11.8 Å². The lowest BCUT2D eigenvalue weighted by molar-refractivity contribution is 0.0993. The first-order valence-electron chi connectivity index (χ1n) is 6.89. The quantitative estimate of drug-likeness (QED) is 0.763. The van der Waals surface area contributed by atoms with Crippen LogP contribution in [0.2, 0.25) is 5.02 Å². The molecule has 0 radical (unpaired) electrons. The van der Waals surface area contributed by atoms with Gasteiger partial charge in [0.2, 0.25) is 0 Å². The average molecular weight is 329 g/mol. The summed E-state index contributed by atoms with van der Waals surface area (Å²) >= 11 is 5.76. The van der Waals surface area contributed by atoms with Gasteiger partial charge in [-0.3, -0.25) is 4.79 Å². The predicted octanol–water partition coefficient (Wildman–Crippen LogP) is 4.16. The first kappa shape index (κ1) is 15.1. The van der Waals surface area contributed by atoms with Crippen LogP contribution in [0.25, 0.3) is 0 Å². The molecule has 0 aliphatic carbocycles. The molecule has 1 amide bonds. The summed E-state index contributed by atoms with van der Waals surface area (Å²) in [6.07, 6.45) is 2.91. The van der Waals surface area contributed by atoms with Crippen molar-refractivity contribution in [3.8, 4) is 5.75 Å². The van der Waals surface area contributed by atoms with E-state index in [1.54, 1.807) is 18.2 Å². The average Bonchev–Trinajstić information content (AvgIpc) is 3.05. The first-order valence-corrected chi connectivity index (χ1v) is 7.27. The lowest BCUT2D eigenvalue weighted by atomic mass is 10.2. The number of nitrogens with zero attached hydrogens (tertiary/aromatic N) is 1. The Bertz CT molecular complexity index is 785. The zero-order valence-electron chi connectivity index (χ0n) is 12.0. The van der Waals surface area contributed by atoms with Crippen molar-refractivity contribution < 1.29 is 13.9 Å². The van der Waals surface area contributed by atoms with Gasteiger partial charge in [-0.15, -0.1) is 0 Å².